The van der Waals surface area contributed by atoms with E-state index in [9.17, 15) is 5.11 Å². The zero-order valence-electron chi connectivity index (χ0n) is 12.8. The highest BCUT2D eigenvalue weighted by Crippen LogP contribution is 2.29. The van der Waals surface area contributed by atoms with E-state index < -0.39 is 5.60 Å². The molecule has 1 N–H and O–H groups in total. The summed E-state index contributed by atoms with van der Waals surface area (Å²) in [4.78, 5) is 4.64. The molecule has 22 heavy (non-hydrogen) atoms. The molecule has 110 valence electrons. The van der Waals surface area contributed by atoms with Crippen molar-refractivity contribution in [2.45, 2.75) is 19.4 Å². The largest absolute Gasteiger partial charge is 0.386 e. The summed E-state index contributed by atoms with van der Waals surface area (Å²) in [6, 6.07) is 18.3. The number of aliphatic hydroxyl groups is 1. The first kappa shape index (κ1) is 14.5. The topological polar surface area (TPSA) is 33.1 Å². The molecule has 3 rings (SSSR count). The van der Waals surface area contributed by atoms with Crippen LogP contribution in [0.2, 0.25) is 0 Å². The zero-order valence-corrected chi connectivity index (χ0v) is 12.8. The van der Waals surface area contributed by atoms with E-state index in [0.717, 1.165) is 27.6 Å². The molecule has 0 amide bonds. The molecule has 0 saturated carbocycles. The van der Waals surface area contributed by atoms with Crippen molar-refractivity contribution in [3.05, 3.63) is 72.4 Å². The van der Waals surface area contributed by atoms with Crippen molar-refractivity contribution in [2.24, 2.45) is 0 Å². The van der Waals surface area contributed by atoms with Gasteiger partial charge < -0.3 is 5.11 Å². The van der Waals surface area contributed by atoms with Gasteiger partial charge in [-0.3, -0.25) is 4.98 Å². The highest BCUT2D eigenvalue weighted by Gasteiger charge is 2.11. The number of hydrogen-bond acceptors (Lipinski definition) is 2. The molecule has 2 nitrogen and oxygen atoms in total. The van der Waals surface area contributed by atoms with E-state index >= 15 is 0 Å². The lowest BCUT2D eigenvalue weighted by atomic mass is 9.98. The molecule has 0 radical (unpaired) electrons. The third-order valence-corrected chi connectivity index (χ3v) is 3.54. The molecule has 1 heterocycles. The van der Waals surface area contributed by atoms with Crippen molar-refractivity contribution in [1.29, 1.82) is 0 Å². The highest BCUT2D eigenvalue weighted by molar-refractivity contribution is 5.95. The molecule has 0 aliphatic rings. The Labute approximate surface area is 130 Å². The lowest BCUT2D eigenvalue weighted by molar-refractivity contribution is 0.134. The zero-order chi connectivity index (χ0) is 15.6. The van der Waals surface area contributed by atoms with Crippen molar-refractivity contribution < 1.29 is 5.11 Å². The Kier molecular flexibility index (Phi) is 3.78. The van der Waals surface area contributed by atoms with Crippen LogP contribution in [0.4, 0.5) is 0 Å². The number of aromatic nitrogens is 1. The molecule has 0 saturated heterocycles. The molecule has 0 unspecified atom stereocenters. The summed E-state index contributed by atoms with van der Waals surface area (Å²) in [5.74, 6) is 0. The molecule has 0 bridgehead atoms. The summed E-state index contributed by atoms with van der Waals surface area (Å²) in [6.45, 7) is 3.54. The van der Waals surface area contributed by atoms with Gasteiger partial charge in [0, 0.05) is 22.7 Å². The van der Waals surface area contributed by atoms with E-state index in [2.05, 4.69) is 29.2 Å². The average Bonchev–Trinajstić information content (AvgIpc) is 2.52. The lowest BCUT2D eigenvalue weighted by Gasteiger charge is -2.13. The number of benzene rings is 2. The monoisotopic (exact) mass is 289 g/mol. The van der Waals surface area contributed by atoms with Crippen LogP contribution in [0.15, 0.2) is 66.9 Å². The van der Waals surface area contributed by atoms with Crippen LogP contribution in [0.3, 0.4) is 0 Å². The van der Waals surface area contributed by atoms with Crippen LogP contribution in [0.5, 0.6) is 0 Å². The molecular weight excluding hydrogens is 270 g/mol. The van der Waals surface area contributed by atoms with Crippen molar-refractivity contribution in [3.63, 3.8) is 0 Å². The van der Waals surface area contributed by atoms with Crippen molar-refractivity contribution in [1.82, 2.24) is 4.98 Å². The van der Waals surface area contributed by atoms with E-state index in [1.807, 2.05) is 48.7 Å². The highest BCUT2D eigenvalue weighted by atomic mass is 16.3. The summed E-state index contributed by atoms with van der Waals surface area (Å²) in [6.07, 6.45) is 5.68. The Hall–Kier alpha value is -2.45. The summed E-state index contributed by atoms with van der Waals surface area (Å²) < 4.78 is 0. The van der Waals surface area contributed by atoms with Gasteiger partial charge in [0.25, 0.3) is 0 Å². The fraction of sp³-hybridized carbons (Fsp3) is 0.150. The maximum atomic E-state index is 10.0. The minimum atomic E-state index is -0.856. The SMILES string of the molecule is CC(C)(O)/C=C/c1c(-c2ccccc2)ncc2ccccc12. The van der Waals surface area contributed by atoms with Crippen LogP contribution in [0.25, 0.3) is 28.1 Å². The molecular formula is C20H19NO. The molecule has 0 atom stereocenters. The number of rotatable bonds is 3. The van der Waals surface area contributed by atoms with Gasteiger partial charge in [0.15, 0.2) is 0 Å². The third kappa shape index (κ3) is 3.07. The molecule has 0 spiro atoms. The first-order chi connectivity index (χ1) is 10.5. The fourth-order valence-electron chi connectivity index (χ4n) is 2.47. The van der Waals surface area contributed by atoms with Crippen LogP contribution in [-0.4, -0.2) is 15.7 Å². The van der Waals surface area contributed by atoms with Gasteiger partial charge in [0.1, 0.15) is 0 Å². The third-order valence-electron chi connectivity index (χ3n) is 3.54. The maximum absolute atomic E-state index is 10.0. The fourth-order valence-corrected chi connectivity index (χ4v) is 2.47. The van der Waals surface area contributed by atoms with Gasteiger partial charge >= 0.3 is 0 Å². The van der Waals surface area contributed by atoms with E-state index in [4.69, 9.17) is 0 Å². The Morgan fingerprint density at radius 2 is 1.64 bits per heavy atom. The number of pyridine rings is 1. The average molecular weight is 289 g/mol. The molecule has 0 aliphatic carbocycles. The molecule has 0 fully saturated rings. The quantitative estimate of drug-likeness (QED) is 0.759. The van der Waals surface area contributed by atoms with Crippen LogP contribution >= 0.6 is 0 Å². The Balaban J connectivity index is 2.26. The number of fused-ring (bicyclic) bond motifs is 1. The van der Waals surface area contributed by atoms with Crippen molar-refractivity contribution in [3.8, 4) is 11.3 Å². The maximum Gasteiger partial charge on any atom is 0.0780 e. The molecule has 0 aliphatic heterocycles. The Bertz CT molecular complexity index is 814. The molecule has 2 heteroatoms. The van der Waals surface area contributed by atoms with Gasteiger partial charge in [-0.2, -0.15) is 0 Å². The van der Waals surface area contributed by atoms with Crippen LogP contribution < -0.4 is 0 Å². The van der Waals surface area contributed by atoms with E-state index in [1.54, 1.807) is 13.8 Å². The summed E-state index contributed by atoms with van der Waals surface area (Å²) in [5, 5.41) is 12.2. The van der Waals surface area contributed by atoms with Crippen LogP contribution in [0.1, 0.15) is 19.4 Å². The predicted octanol–water partition coefficient (Wildman–Crippen LogP) is 4.69. The molecule has 2 aromatic carbocycles. The Morgan fingerprint density at radius 3 is 2.36 bits per heavy atom. The second-order valence-electron chi connectivity index (χ2n) is 5.96. The van der Waals surface area contributed by atoms with Gasteiger partial charge in [0.05, 0.1) is 11.3 Å². The van der Waals surface area contributed by atoms with Crippen molar-refractivity contribution in [2.75, 3.05) is 0 Å². The normalized spacial score (nSPS) is 12.1. The molecule has 1 aromatic heterocycles. The van der Waals surface area contributed by atoms with Gasteiger partial charge in [-0.25, -0.2) is 0 Å². The number of nitrogens with zero attached hydrogens (tertiary/aromatic N) is 1. The Morgan fingerprint density at radius 1 is 0.955 bits per heavy atom. The van der Waals surface area contributed by atoms with Gasteiger partial charge in [0.2, 0.25) is 0 Å². The summed E-state index contributed by atoms with van der Waals surface area (Å²) in [5.41, 5.74) is 2.18. The van der Waals surface area contributed by atoms with Crippen molar-refractivity contribution >= 4 is 16.8 Å². The first-order valence-electron chi connectivity index (χ1n) is 7.39. The lowest BCUT2D eigenvalue weighted by Crippen LogP contribution is -2.13. The number of hydrogen-bond donors (Lipinski definition) is 1. The van der Waals surface area contributed by atoms with E-state index in [1.165, 1.54) is 0 Å². The van der Waals surface area contributed by atoms with Gasteiger partial charge in [-0.15, -0.1) is 0 Å². The summed E-state index contributed by atoms with van der Waals surface area (Å²) in [7, 11) is 0. The van der Waals surface area contributed by atoms with Gasteiger partial charge in [-0.05, 0) is 19.2 Å². The minimum Gasteiger partial charge on any atom is -0.386 e. The summed E-state index contributed by atoms with van der Waals surface area (Å²) >= 11 is 0. The second-order valence-corrected chi connectivity index (χ2v) is 5.96. The second kappa shape index (κ2) is 5.74. The van der Waals surface area contributed by atoms with Gasteiger partial charge in [-0.1, -0.05) is 66.7 Å². The standard InChI is InChI=1S/C20H19NO/c1-20(2,22)13-12-18-17-11-7-6-10-16(17)14-21-19(18)15-8-4-3-5-9-15/h3-14,22H,1-2H3/b13-12+. The van der Waals surface area contributed by atoms with Crippen LogP contribution in [0, 0.1) is 0 Å². The smallest absolute Gasteiger partial charge is 0.0780 e. The first-order valence-corrected chi connectivity index (χ1v) is 7.39. The van der Waals surface area contributed by atoms with E-state index in [0.29, 0.717) is 0 Å². The minimum absolute atomic E-state index is 0.856. The molecule has 3 aromatic rings. The van der Waals surface area contributed by atoms with E-state index in [-0.39, 0.29) is 0 Å². The predicted molar refractivity (Wildman–Crippen MR) is 92.5 cm³/mol. The van der Waals surface area contributed by atoms with Crippen LogP contribution in [-0.2, 0) is 0 Å².